The van der Waals surface area contributed by atoms with E-state index >= 15 is 0 Å². The molecule has 0 radical (unpaired) electrons. The minimum atomic E-state index is -0.381. The van der Waals surface area contributed by atoms with Crippen LogP contribution in [0.3, 0.4) is 0 Å². The Morgan fingerprint density at radius 2 is 1.95 bits per heavy atom. The zero-order chi connectivity index (χ0) is 14.7. The fourth-order valence-corrected chi connectivity index (χ4v) is 2.31. The zero-order valence-corrected chi connectivity index (χ0v) is 11.9. The number of nitrogens with one attached hydrogen (secondary N) is 1. The third-order valence-corrected chi connectivity index (χ3v) is 3.63. The first-order chi connectivity index (χ1) is 9.58. The van der Waals surface area contributed by atoms with E-state index in [1.807, 2.05) is 12.1 Å². The van der Waals surface area contributed by atoms with E-state index < -0.39 is 0 Å². The number of benzene rings is 2. The lowest BCUT2D eigenvalue weighted by Gasteiger charge is -2.20. The van der Waals surface area contributed by atoms with Crippen LogP contribution in [0.25, 0.3) is 0 Å². The van der Waals surface area contributed by atoms with Crippen molar-refractivity contribution in [3.63, 3.8) is 0 Å². The van der Waals surface area contributed by atoms with E-state index in [2.05, 4.69) is 25.3 Å². The Bertz CT molecular complexity index is 613. The van der Waals surface area contributed by atoms with Gasteiger partial charge in [0.1, 0.15) is 0 Å². The minimum Gasteiger partial charge on any atom is -0.494 e. The SMILES string of the molecule is COc1cc(C(NN)c2cccc(C)c2C)ccc1F. The fraction of sp³-hybridized carbons (Fsp3) is 0.250. The van der Waals surface area contributed by atoms with Crippen LogP contribution in [0, 0.1) is 19.7 Å². The highest BCUT2D eigenvalue weighted by molar-refractivity contribution is 5.42. The molecule has 3 N–H and O–H groups in total. The average Bonchev–Trinajstić information content (AvgIpc) is 2.45. The van der Waals surface area contributed by atoms with Gasteiger partial charge in [-0.05, 0) is 48.2 Å². The fourth-order valence-electron chi connectivity index (χ4n) is 2.31. The number of halogens is 1. The van der Waals surface area contributed by atoms with Crippen LogP contribution in [0.5, 0.6) is 5.75 Å². The van der Waals surface area contributed by atoms with Crippen LogP contribution < -0.4 is 16.0 Å². The molecule has 0 aliphatic rings. The Morgan fingerprint density at radius 3 is 2.60 bits per heavy atom. The molecule has 0 aromatic heterocycles. The van der Waals surface area contributed by atoms with E-state index in [4.69, 9.17) is 10.6 Å². The average molecular weight is 274 g/mol. The molecule has 0 heterocycles. The van der Waals surface area contributed by atoms with Gasteiger partial charge < -0.3 is 4.74 Å². The molecule has 1 atom stereocenters. The van der Waals surface area contributed by atoms with Crippen LogP contribution in [0.1, 0.15) is 28.3 Å². The van der Waals surface area contributed by atoms with Crippen molar-refractivity contribution in [1.29, 1.82) is 0 Å². The van der Waals surface area contributed by atoms with Crippen LogP contribution >= 0.6 is 0 Å². The summed E-state index contributed by atoms with van der Waals surface area (Å²) in [5, 5.41) is 0. The molecule has 0 saturated carbocycles. The Hall–Kier alpha value is -1.91. The molecule has 1 unspecified atom stereocenters. The van der Waals surface area contributed by atoms with Gasteiger partial charge in [0.15, 0.2) is 11.6 Å². The standard InChI is InChI=1S/C16H19FN2O/c1-10-5-4-6-13(11(10)2)16(19-18)12-7-8-14(17)15(9-12)20-3/h4-9,16,19H,18H2,1-3H3. The summed E-state index contributed by atoms with van der Waals surface area (Å²) in [7, 11) is 1.45. The third kappa shape index (κ3) is 2.66. The van der Waals surface area contributed by atoms with Crippen LogP contribution in [-0.4, -0.2) is 7.11 Å². The molecule has 0 amide bonds. The predicted octanol–water partition coefficient (Wildman–Crippen LogP) is 3.00. The molecular weight excluding hydrogens is 255 g/mol. The lowest BCUT2D eigenvalue weighted by atomic mass is 9.93. The Morgan fingerprint density at radius 1 is 1.20 bits per heavy atom. The van der Waals surface area contributed by atoms with Crippen molar-refractivity contribution in [1.82, 2.24) is 5.43 Å². The Kier molecular flexibility index (Phi) is 4.37. The van der Waals surface area contributed by atoms with Crippen LogP contribution in [0.15, 0.2) is 36.4 Å². The molecule has 0 bridgehead atoms. The van der Waals surface area contributed by atoms with E-state index in [1.54, 1.807) is 12.1 Å². The summed E-state index contributed by atoms with van der Waals surface area (Å²) in [6.45, 7) is 4.10. The van der Waals surface area contributed by atoms with Crippen LogP contribution in [0.4, 0.5) is 4.39 Å². The first kappa shape index (κ1) is 14.5. The number of aryl methyl sites for hydroxylation is 1. The van der Waals surface area contributed by atoms with Crippen molar-refractivity contribution in [3.05, 3.63) is 64.5 Å². The highest BCUT2D eigenvalue weighted by Crippen LogP contribution is 2.29. The van der Waals surface area contributed by atoms with Gasteiger partial charge in [-0.2, -0.15) is 0 Å². The zero-order valence-electron chi connectivity index (χ0n) is 11.9. The predicted molar refractivity (Wildman–Crippen MR) is 78.0 cm³/mol. The van der Waals surface area contributed by atoms with E-state index in [-0.39, 0.29) is 17.6 Å². The molecule has 0 spiro atoms. The number of nitrogens with two attached hydrogens (primary N) is 1. The van der Waals surface area contributed by atoms with Crippen molar-refractivity contribution in [2.45, 2.75) is 19.9 Å². The molecule has 0 saturated heterocycles. The molecule has 2 aromatic rings. The second-order valence-electron chi connectivity index (χ2n) is 4.78. The second kappa shape index (κ2) is 6.03. The summed E-state index contributed by atoms with van der Waals surface area (Å²) in [5.41, 5.74) is 7.08. The second-order valence-corrected chi connectivity index (χ2v) is 4.78. The monoisotopic (exact) mass is 274 g/mol. The molecule has 2 aromatic carbocycles. The molecule has 4 heteroatoms. The molecule has 0 aliphatic heterocycles. The van der Waals surface area contributed by atoms with Crippen molar-refractivity contribution in [2.75, 3.05) is 7.11 Å². The quantitative estimate of drug-likeness (QED) is 0.665. The molecule has 20 heavy (non-hydrogen) atoms. The van der Waals surface area contributed by atoms with Gasteiger partial charge in [-0.15, -0.1) is 0 Å². The normalized spacial score (nSPS) is 12.2. The van der Waals surface area contributed by atoms with Gasteiger partial charge in [-0.3, -0.25) is 5.84 Å². The molecule has 3 nitrogen and oxygen atoms in total. The topological polar surface area (TPSA) is 47.3 Å². The lowest BCUT2D eigenvalue weighted by Crippen LogP contribution is -2.29. The maximum absolute atomic E-state index is 13.5. The number of hydrazine groups is 1. The van der Waals surface area contributed by atoms with Gasteiger partial charge >= 0.3 is 0 Å². The van der Waals surface area contributed by atoms with E-state index in [0.29, 0.717) is 0 Å². The highest BCUT2D eigenvalue weighted by atomic mass is 19.1. The number of ether oxygens (including phenoxy) is 1. The Balaban J connectivity index is 2.49. The highest BCUT2D eigenvalue weighted by Gasteiger charge is 2.17. The Labute approximate surface area is 118 Å². The van der Waals surface area contributed by atoms with Gasteiger partial charge in [0, 0.05) is 0 Å². The van der Waals surface area contributed by atoms with Gasteiger partial charge in [0.2, 0.25) is 0 Å². The van der Waals surface area contributed by atoms with Gasteiger partial charge in [0.05, 0.1) is 13.2 Å². The first-order valence-corrected chi connectivity index (χ1v) is 6.44. The molecule has 2 rings (SSSR count). The van der Waals surface area contributed by atoms with Crippen molar-refractivity contribution in [2.24, 2.45) is 5.84 Å². The van der Waals surface area contributed by atoms with Crippen molar-refractivity contribution in [3.8, 4) is 5.75 Å². The number of hydrogen-bond donors (Lipinski definition) is 2. The van der Waals surface area contributed by atoms with Crippen LogP contribution in [0.2, 0.25) is 0 Å². The van der Waals surface area contributed by atoms with Crippen LogP contribution in [-0.2, 0) is 0 Å². The molecule has 0 fully saturated rings. The van der Waals surface area contributed by atoms with E-state index in [9.17, 15) is 4.39 Å². The lowest BCUT2D eigenvalue weighted by molar-refractivity contribution is 0.385. The van der Waals surface area contributed by atoms with Crippen molar-refractivity contribution >= 4 is 0 Å². The maximum atomic E-state index is 13.5. The summed E-state index contributed by atoms with van der Waals surface area (Å²) in [4.78, 5) is 0. The third-order valence-electron chi connectivity index (χ3n) is 3.63. The molecule has 0 aliphatic carbocycles. The van der Waals surface area contributed by atoms with E-state index in [0.717, 1.165) is 11.1 Å². The summed E-state index contributed by atoms with van der Waals surface area (Å²) >= 11 is 0. The molecular formula is C16H19FN2O. The summed E-state index contributed by atoms with van der Waals surface area (Å²) in [6, 6.07) is 10.6. The minimum absolute atomic E-state index is 0.204. The number of hydrogen-bond acceptors (Lipinski definition) is 3. The summed E-state index contributed by atoms with van der Waals surface area (Å²) in [6.07, 6.45) is 0. The van der Waals surface area contributed by atoms with Crippen molar-refractivity contribution < 1.29 is 9.13 Å². The maximum Gasteiger partial charge on any atom is 0.165 e. The summed E-state index contributed by atoms with van der Waals surface area (Å²) < 4.78 is 18.5. The van der Waals surface area contributed by atoms with Gasteiger partial charge in [0.25, 0.3) is 0 Å². The summed E-state index contributed by atoms with van der Waals surface area (Å²) in [5.74, 6) is 5.54. The smallest absolute Gasteiger partial charge is 0.165 e. The van der Waals surface area contributed by atoms with Gasteiger partial charge in [-0.25, -0.2) is 9.82 Å². The van der Waals surface area contributed by atoms with E-state index in [1.165, 1.54) is 24.3 Å². The number of rotatable bonds is 4. The first-order valence-electron chi connectivity index (χ1n) is 6.44. The van der Waals surface area contributed by atoms with Gasteiger partial charge in [-0.1, -0.05) is 24.3 Å². The molecule has 106 valence electrons. The largest absolute Gasteiger partial charge is 0.494 e. The number of methoxy groups -OCH3 is 1.